The molecule has 1 aliphatic heterocycles. The second-order valence-corrected chi connectivity index (χ2v) is 3.71. The molecule has 15 heavy (non-hydrogen) atoms. The van der Waals surface area contributed by atoms with Crippen LogP contribution in [-0.4, -0.2) is 31.1 Å². The smallest absolute Gasteiger partial charge is 0.0345 e. The van der Waals surface area contributed by atoms with Gasteiger partial charge in [-0.3, -0.25) is 4.90 Å². The quantitative estimate of drug-likeness (QED) is 0.880. The van der Waals surface area contributed by atoms with E-state index in [9.17, 15) is 0 Å². The van der Waals surface area contributed by atoms with Crippen molar-refractivity contribution in [3.05, 3.63) is 35.9 Å². The van der Waals surface area contributed by atoms with Crippen molar-refractivity contribution in [1.82, 2.24) is 10.2 Å². The highest BCUT2D eigenvalue weighted by Gasteiger charge is 2.20. The van der Waals surface area contributed by atoms with Gasteiger partial charge < -0.3 is 5.32 Å². The third-order valence-corrected chi connectivity index (χ3v) is 2.66. The Morgan fingerprint density at radius 2 is 1.80 bits per heavy atom. The van der Waals surface area contributed by atoms with Crippen LogP contribution in [0.2, 0.25) is 0 Å². The highest BCUT2D eigenvalue weighted by Crippen LogP contribution is 2.08. The number of hydrogen-bond donors (Lipinski definition) is 1. The van der Waals surface area contributed by atoms with E-state index in [2.05, 4.69) is 47.6 Å². The van der Waals surface area contributed by atoms with Crippen molar-refractivity contribution in [3.63, 3.8) is 0 Å². The zero-order chi connectivity index (χ0) is 9.10. The van der Waals surface area contributed by atoms with Gasteiger partial charge in [0.15, 0.2) is 0 Å². The average molecular weight is 249 g/mol. The first kappa shape index (κ1) is 14.7. The number of nitrogens with one attached hydrogen (secondary N) is 1. The number of halogens is 2. The van der Waals surface area contributed by atoms with Crippen LogP contribution in [0.5, 0.6) is 0 Å². The maximum Gasteiger partial charge on any atom is 0.0345 e. The molecule has 1 N–H and O–H groups in total. The first-order valence-electron chi connectivity index (χ1n) is 4.81. The summed E-state index contributed by atoms with van der Waals surface area (Å²) in [4.78, 5) is 2.41. The Kier molecular flexibility index (Phi) is 6.94. The Labute approximate surface area is 104 Å². The first-order valence-corrected chi connectivity index (χ1v) is 4.81. The fourth-order valence-corrected chi connectivity index (χ4v) is 1.59. The van der Waals surface area contributed by atoms with Crippen LogP contribution in [0.4, 0.5) is 0 Å². The molecule has 0 spiro atoms. The molecule has 0 aromatic heterocycles. The van der Waals surface area contributed by atoms with Crippen molar-refractivity contribution in [2.75, 3.05) is 20.1 Å². The summed E-state index contributed by atoms with van der Waals surface area (Å²) in [5.74, 6) is 0. The summed E-state index contributed by atoms with van der Waals surface area (Å²) >= 11 is 0. The van der Waals surface area contributed by atoms with E-state index in [-0.39, 0.29) is 24.8 Å². The molecule has 1 heterocycles. The molecule has 2 rings (SSSR count). The fourth-order valence-electron chi connectivity index (χ4n) is 1.59. The van der Waals surface area contributed by atoms with Crippen LogP contribution in [0.3, 0.4) is 0 Å². The molecule has 0 atom stereocenters. The van der Waals surface area contributed by atoms with Crippen LogP contribution in [0.15, 0.2) is 30.3 Å². The molecule has 0 bridgehead atoms. The molecule has 0 amide bonds. The summed E-state index contributed by atoms with van der Waals surface area (Å²) in [5, 5.41) is 3.29. The predicted molar refractivity (Wildman–Crippen MR) is 69.1 cm³/mol. The summed E-state index contributed by atoms with van der Waals surface area (Å²) in [6.45, 7) is 3.35. The van der Waals surface area contributed by atoms with Gasteiger partial charge in [0, 0.05) is 25.7 Å². The van der Waals surface area contributed by atoms with E-state index in [0.717, 1.165) is 25.7 Å². The molecule has 0 unspecified atom stereocenters. The second kappa shape index (κ2) is 7.07. The van der Waals surface area contributed by atoms with Gasteiger partial charge in [-0.25, -0.2) is 0 Å². The Morgan fingerprint density at radius 1 is 1.20 bits per heavy atom. The van der Waals surface area contributed by atoms with Crippen molar-refractivity contribution < 1.29 is 0 Å². The van der Waals surface area contributed by atoms with Crippen molar-refractivity contribution in [2.45, 2.75) is 12.6 Å². The van der Waals surface area contributed by atoms with E-state index in [1.54, 1.807) is 0 Å². The number of nitrogens with zero attached hydrogens (tertiary/aromatic N) is 1. The third-order valence-electron chi connectivity index (χ3n) is 2.66. The van der Waals surface area contributed by atoms with Crippen molar-refractivity contribution in [3.8, 4) is 0 Å². The third kappa shape index (κ3) is 3.99. The summed E-state index contributed by atoms with van der Waals surface area (Å²) in [5.41, 5.74) is 1.40. The Bertz CT molecular complexity index is 263. The van der Waals surface area contributed by atoms with Gasteiger partial charge >= 0.3 is 0 Å². The molecule has 4 heteroatoms. The summed E-state index contributed by atoms with van der Waals surface area (Å²) in [6.07, 6.45) is 0. The zero-order valence-electron chi connectivity index (χ0n) is 8.85. The van der Waals surface area contributed by atoms with Crippen molar-refractivity contribution in [2.24, 2.45) is 0 Å². The molecule has 1 aromatic carbocycles. The van der Waals surface area contributed by atoms with Crippen LogP contribution in [0.1, 0.15) is 5.56 Å². The van der Waals surface area contributed by atoms with E-state index in [0.29, 0.717) is 0 Å². The Morgan fingerprint density at radius 3 is 2.27 bits per heavy atom. The van der Waals surface area contributed by atoms with Gasteiger partial charge in [0.25, 0.3) is 0 Å². The minimum Gasteiger partial charge on any atom is -0.314 e. The summed E-state index contributed by atoms with van der Waals surface area (Å²) < 4.78 is 0. The standard InChI is InChI=1S/C11H16N2.2ClH/c1-13(11-7-12-8-11)9-10-5-3-2-4-6-10;;/h2-6,11-12H,7-9H2,1H3;2*1H. The van der Waals surface area contributed by atoms with E-state index >= 15 is 0 Å². The van der Waals surface area contributed by atoms with E-state index in [1.165, 1.54) is 5.56 Å². The number of likely N-dealkylation sites (N-methyl/N-ethyl adjacent to an activating group) is 1. The lowest BCUT2D eigenvalue weighted by atomic mass is 10.1. The van der Waals surface area contributed by atoms with Crippen LogP contribution < -0.4 is 5.32 Å². The molecular weight excluding hydrogens is 231 g/mol. The largest absolute Gasteiger partial charge is 0.314 e. The molecule has 0 radical (unpaired) electrons. The number of rotatable bonds is 3. The van der Waals surface area contributed by atoms with Gasteiger partial charge in [-0.05, 0) is 12.6 Å². The van der Waals surface area contributed by atoms with Crippen LogP contribution in [0.25, 0.3) is 0 Å². The molecular formula is C11H18Cl2N2. The van der Waals surface area contributed by atoms with Crippen LogP contribution in [-0.2, 0) is 6.54 Å². The van der Waals surface area contributed by atoms with E-state index in [1.807, 2.05) is 0 Å². The zero-order valence-corrected chi connectivity index (χ0v) is 10.5. The highest BCUT2D eigenvalue weighted by atomic mass is 35.5. The average Bonchev–Trinajstić information content (AvgIpc) is 2.02. The fraction of sp³-hybridized carbons (Fsp3) is 0.455. The second-order valence-electron chi connectivity index (χ2n) is 3.71. The van der Waals surface area contributed by atoms with Gasteiger partial charge in [0.2, 0.25) is 0 Å². The Balaban J connectivity index is 0.000000980. The van der Waals surface area contributed by atoms with Gasteiger partial charge in [-0.15, -0.1) is 24.8 Å². The van der Waals surface area contributed by atoms with Gasteiger partial charge in [-0.1, -0.05) is 30.3 Å². The molecule has 2 nitrogen and oxygen atoms in total. The lowest BCUT2D eigenvalue weighted by Gasteiger charge is -2.35. The van der Waals surface area contributed by atoms with E-state index in [4.69, 9.17) is 0 Å². The highest BCUT2D eigenvalue weighted by molar-refractivity contribution is 5.85. The molecule has 0 saturated carbocycles. The lowest BCUT2D eigenvalue weighted by Crippen LogP contribution is -2.55. The van der Waals surface area contributed by atoms with Crippen LogP contribution in [0, 0.1) is 0 Å². The molecule has 1 saturated heterocycles. The topological polar surface area (TPSA) is 15.3 Å². The van der Waals surface area contributed by atoms with Gasteiger partial charge in [0.05, 0.1) is 0 Å². The molecule has 0 aliphatic carbocycles. The SMILES string of the molecule is CN(Cc1ccccc1)C1CNC1.Cl.Cl. The summed E-state index contributed by atoms with van der Waals surface area (Å²) in [7, 11) is 2.19. The molecule has 1 fully saturated rings. The maximum absolute atomic E-state index is 3.29. The van der Waals surface area contributed by atoms with Gasteiger partial charge in [-0.2, -0.15) is 0 Å². The lowest BCUT2D eigenvalue weighted by molar-refractivity contribution is 0.173. The molecule has 1 aromatic rings. The number of hydrogen-bond acceptors (Lipinski definition) is 2. The molecule has 86 valence electrons. The monoisotopic (exact) mass is 248 g/mol. The van der Waals surface area contributed by atoms with Gasteiger partial charge in [0.1, 0.15) is 0 Å². The Hall–Kier alpha value is -0.280. The van der Waals surface area contributed by atoms with E-state index < -0.39 is 0 Å². The minimum atomic E-state index is 0. The minimum absolute atomic E-state index is 0. The normalized spacial score (nSPS) is 15.1. The summed E-state index contributed by atoms with van der Waals surface area (Å²) in [6, 6.07) is 11.4. The first-order chi connectivity index (χ1) is 6.36. The predicted octanol–water partition coefficient (Wildman–Crippen LogP) is 1.93. The van der Waals surface area contributed by atoms with Crippen LogP contribution >= 0.6 is 24.8 Å². The number of benzene rings is 1. The van der Waals surface area contributed by atoms with Crippen molar-refractivity contribution >= 4 is 24.8 Å². The van der Waals surface area contributed by atoms with Crippen molar-refractivity contribution in [1.29, 1.82) is 0 Å². The molecule has 1 aliphatic rings. The maximum atomic E-state index is 3.29.